The van der Waals surface area contributed by atoms with Crippen molar-refractivity contribution in [2.75, 3.05) is 7.11 Å². The highest BCUT2D eigenvalue weighted by Crippen LogP contribution is 2.27. The number of benzene rings is 1. The van der Waals surface area contributed by atoms with Gasteiger partial charge in [0, 0.05) is 12.5 Å². The molecule has 1 fully saturated rings. The monoisotopic (exact) mass is 863 g/mol. The Hall–Kier alpha value is -5.55. The lowest BCUT2D eigenvalue weighted by Crippen LogP contribution is -2.65. The van der Waals surface area contributed by atoms with Gasteiger partial charge in [0.05, 0.1) is 19.0 Å². The standard InChI is InChI=1S/C39H57N7O15/c1-6-18(3)25(33(50)46-26(35(52)53)19(4)7-2)45-34(51)27(44-24(47)11-9-8-10-21(40)16-20-12-14-22(58-5)15-13-20)30(23-17-42-39(57)43-23)59-37-29(49)28(48)31(61-38(41)56)32(60-37)36(54)55/h12-15,17-19,21,25-32,37,48-49H,6-11,16,40H2,1-5H3,(H2,41,56)(H,44,47)(H,45,51)(H,46,50)(H,52,53)(H,54,55)/t18-,19+,21+,25-,26+,27+,28+,29+,30-,31-,32+,37+/m1/s1. The van der Waals surface area contributed by atoms with Gasteiger partial charge in [-0.3, -0.25) is 14.4 Å². The van der Waals surface area contributed by atoms with E-state index in [9.17, 15) is 54.0 Å². The van der Waals surface area contributed by atoms with Gasteiger partial charge in [-0.1, -0.05) is 59.1 Å². The lowest BCUT2D eigenvalue weighted by Gasteiger charge is -2.41. The number of amides is 6. The molecule has 338 valence electrons. The van der Waals surface area contributed by atoms with Crippen molar-refractivity contribution >= 4 is 53.7 Å². The molecule has 0 aliphatic carbocycles. The van der Waals surface area contributed by atoms with Gasteiger partial charge < -0.3 is 66.8 Å². The summed E-state index contributed by atoms with van der Waals surface area (Å²) in [5.74, 6) is -6.26. The van der Waals surface area contributed by atoms with Crippen LogP contribution in [0.25, 0.3) is 0 Å². The van der Waals surface area contributed by atoms with Crippen molar-refractivity contribution in [2.45, 2.75) is 134 Å². The molecule has 22 nitrogen and oxygen atoms in total. The maximum Gasteiger partial charge on any atom is 0.404 e. The quantitative estimate of drug-likeness (QED) is 0.0607. The smallest absolute Gasteiger partial charge is 0.404 e. The van der Waals surface area contributed by atoms with Crippen LogP contribution in [0, 0.1) is 11.8 Å². The lowest BCUT2D eigenvalue weighted by atomic mass is 9.94. The number of nitrogens with two attached hydrogens (primary N) is 2. The highest BCUT2D eigenvalue weighted by Gasteiger charge is 2.52. The number of ether oxygens (including phenoxy) is 4. The van der Waals surface area contributed by atoms with Crippen molar-refractivity contribution in [2.24, 2.45) is 33.3 Å². The van der Waals surface area contributed by atoms with E-state index < -0.39 is 114 Å². The second-order valence-electron chi connectivity index (χ2n) is 15.0. The van der Waals surface area contributed by atoms with Crippen LogP contribution in [0.5, 0.6) is 5.75 Å². The number of hydrogen-bond acceptors (Lipinski definition) is 14. The highest BCUT2D eigenvalue weighted by molar-refractivity contribution is 6.39. The van der Waals surface area contributed by atoms with Crippen molar-refractivity contribution < 1.29 is 72.9 Å². The molecule has 11 N–H and O–H groups in total. The van der Waals surface area contributed by atoms with Crippen molar-refractivity contribution in [3.05, 3.63) is 29.8 Å². The van der Waals surface area contributed by atoms with Gasteiger partial charge in [-0.25, -0.2) is 19.2 Å². The molecule has 3 rings (SSSR count). The van der Waals surface area contributed by atoms with Gasteiger partial charge in [0.1, 0.15) is 42.2 Å². The van der Waals surface area contributed by atoms with Crippen LogP contribution in [0.1, 0.15) is 71.8 Å². The van der Waals surface area contributed by atoms with Gasteiger partial charge in [0.25, 0.3) is 0 Å². The molecular formula is C39H57N7O15. The molecule has 1 saturated heterocycles. The minimum Gasteiger partial charge on any atom is -0.497 e. The Kier molecular flexibility index (Phi) is 19.1. The van der Waals surface area contributed by atoms with Crippen molar-refractivity contribution in [3.63, 3.8) is 0 Å². The number of nitrogens with one attached hydrogen (secondary N) is 3. The van der Waals surface area contributed by atoms with Gasteiger partial charge in [-0.2, -0.15) is 9.98 Å². The van der Waals surface area contributed by atoms with Crippen LogP contribution in [-0.4, -0.2) is 142 Å². The van der Waals surface area contributed by atoms with Gasteiger partial charge >= 0.3 is 24.1 Å². The number of carboxylic acids is 2. The summed E-state index contributed by atoms with van der Waals surface area (Å²) in [6.07, 6.45) is -11.0. The fraction of sp³-hybridized carbons (Fsp3) is 0.615. The topological polar surface area (TPSA) is 350 Å². The SMILES string of the molecule is CC[C@@H](C)[C@@H](NC(=O)[C@@H](NC(=O)CCCC[C@H](N)Cc1ccc(OC)cc1)[C@H](O[C@H]1O[C@H](C(=O)O)[C@H](OC(N)=O)[C@@H](O)[C@@H]1O)C1=NC(=O)N=C1)C(=O)N[C@H](C(=O)O)[C@@H](C)CC. The third-order valence-electron chi connectivity index (χ3n) is 10.5. The number of aliphatic imine (C=N–C) groups is 2. The van der Waals surface area contributed by atoms with Crippen LogP contribution in [0.15, 0.2) is 34.3 Å². The van der Waals surface area contributed by atoms with E-state index in [0.29, 0.717) is 37.9 Å². The molecule has 2 heterocycles. The van der Waals surface area contributed by atoms with E-state index in [0.717, 1.165) is 11.8 Å². The molecule has 61 heavy (non-hydrogen) atoms. The maximum atomic E-state index is 14.4. The molecule has 0 saturated carbocycles. The average Bonchev–Trinajstić information content (AvgIpc) is 3.65. The zero-order valence-corrected chi connectivity index (χ0v) is 34.6. The first-order chi connectivity index (χ1) is 28.8. The fourth-order valence-electron chi connectivity index (χ4n) is 6.56. The zero-order valence-electron chi connectivity index (χ0n) is 34.6. The Morgan fingerprint density at radius 2 is 1.49 bits per heavy atom. The van der Waals surface area contributed by atoms with Crippen molar-refractivity contribution in [1.82, 2.24) is 16.0 Å². The molecule has 22 heteroatoms. The Morgan fingerprint density at radius 1 is 0.885 bits per heavy atom. The Balaban J connectivity index is 1.95. The molecule has 0 spiro atoms. The number of hydrogen-bond donors (Lipinski definition) is 9. The van der Waals surface area contributed by atoms with Crippen LogP contribution in [0.3, 0.4) is 0 Å². The molecule has 12 atom stereocenters. The summed E-state index contributed by atoms with van der Waals surface area (Å²) in [4.78, 5) is 97.1. The van der Waals surface area contributed by atoms with Crippen LogP contribution < -0.4 is 32.2 Å². The number of primary amides is 1. The predicted octanol–water partition coefficient (Wildman–Crippen LogP) is -0.218. The number of rotatable bonds is 24. The molecule has 1 aromatic rings. The number of unbranched alkanes of at least 4 members (excludes halogenated alkanes) is 1. The number of aliphatic carboxylic acids is 2. The van der Waals surface area contributed by atoms with Crippen molar-refractivity contribution in [1.29, 1.82) is 0 Å². The highest BCUT2D eigenvalue weighted by atomic mass is 16.7. The summed E-state index contributed by atoms with van der Waals surface area (Å²) in [7, 11) is 1.56. The summed E-state index contributed by atoms with van der Waals surface area (Å²) in [5.41, 5.74) is 11.9. The van der Waals surface area contributed by atoms with E-state index in [1.165, 1.54) is 0 Å². The van der Waals surface area contributed by atoms with Crippen LogP contribution >= 0.6 is 0 Å². The Morgan fingerprint density at radius 3 is 2.03 bits per heavy atom. The third-order valence-corrected chi connectivity index (χ3v) is 10.5. The second kappa shape index (κ2) is 23.4. The van der Waals surface area contributed by atoms with Crippen LogP contribution in [0.4, 0.5) is 9.59 Å². The minimum atomic E-state index is -2.20. The maximum absolute atomic E-state index is 14.4. The molecule has 0 radical (unpaired) electrons. The van der Waals surface area contributed by atoms with Crippen LogP contribution in [0.2, 0.25) is 0 Å². The first kappa shape index (κ1) is 49.8. The second-order valence-corrected chi connectivity index (χ2v) is 15.0. The molecule has 0 bridgehead atoms. The number of aliphatic hydroxyl groups is 2. The number of nitrogens with zero attached hydrogens (tertiary/aromatic N) is 2. The normalized spacial score (nSPS) is 23.2. The number of methoxy groups -OCH3 is 1. The first-order valence-corrected chi connectivity index (χ1v) is 19.9. The first-order valence-electron chi connectivity index (χ1n) is 19.9. The Labute approximate surface area is 351 Å². The lowest BCUT2D eigenvalue weighted by molar-refractivity contribution is -0.298. The van der Waals surface area contributed by atoms with E-state index in [1.54, 1.807) is 34.8 Å². The number of carboxylic acid groups (broad SMARTS) is 2. The van der Waals surface area contributed by atoms with Gasteiger partial charge in [-0.15, -0.1) is 0 Å². The van der Waals surface area contributed by atoms with Gasteiger partial charge in [0.2, 0.25) is 17.7 Å². The summed E-state index contributed by atoms with van der Waals surface area (Å²) in [6, 6.07) is 1.42. The number of aliphatic hydroxyl groups excluding tert-OH is 2. The van der Waals surface area contributed by atoms with Crippen LogP contribution in [-0.2, 0) is 44.6 Å². The van der Waals surface area contributed by atoms with E-state index in [1.807, 2.05) is 24.3 Å². The van der Waals surface area contributed by atoms with Gasteiger partial charge in [-0.05, 0) is 48.8 Å². The Bertz CT molecular complexity index is 1780. The molecule has 2 aliphatic heterocycles. The summed E-state index contributed by atoms with van der Waals surface area (Å²) < 4.78 is 21.2. The number of urea groups is 1. The number of carbonyl (C=O) groups is 7. The summed E-state index contributed by atoms with van der Waals surface area (Å²) in [5, 5.41) is 49.1. The molecule has 6 amide bonds. The minimum absolute atomic E-state index is 0.176. The predicted molar refractivity (Wildman–Crippen MR) is 214 cm³/mol. The zero-order chi connectivity index (χ0) is 45.6. The molecule has 0 unspecified atom stereocenters. The van der Waals surface area contributed by atoms with Gasteiger partial charge in [0.15, 0.2) is 18.5 Å². The number of carbonyl (C=O) groups excluding carboxylic acids is 5. The molecule has 1 aromatic carbocycles. The van der Waals surface area contributed by atoms with E-state index in [4.69, 9.17) is 25.7 Å². The largest absolute Gasteiger partial charge is 0.497 e. The van der Waals surface area contributed by atoms with E-state index in [2.05, 4.69) is 30.7 Å². The average molecular weight is 864 g/mol. The summed E-state index contributed by atoms with van der Waals surface area (Å²) >= 11 is 0. The third kappa shape index (κ3) is 14.3. The summed E-state index contributed by atoms with van der Waals surface area (Å²) in [6.45, 7) is 6.69. The fourth-order valence-corrected chi connectivity index (χ4v) is 6.56. The molecule has 0 aromatic heterocycles. The molecular weight excluding hydrogens is 806 g/mol. The molecule has 2 aliphatic rings. The van der Waals surface area contributed by atoms with E-state index >= 15 is 0 Å². The van der Waals surface area contributed by atoms with E-state index in [-0.39, 0.29) is 18.9 Å². The van der Waals surface area contributed by atoms with Crippen molar-refractivity contribution in [3.8, 4) is 5.75 Å².